The smallest absolute Gasteiger partial charge is 0.270 e. The van der Waals surface area contributed by atoms with Crippen molar-refractivity contribution in [2.45, 2.75) is 13.5 Å². The molecular weight excluding hydrogens is 210 g/mol. The number of carbonyl (C=O) groups is 1. The molecule has 0 atom stereocenters. The predicted octanol–water partition coefficient (Wildman–Crippen LogP) is 1.53. The SMILES string of the molecule is CC(=O)Cn1ncc2cc([N+](=O)[O-])ccc21. The number of nitro groups is 1. The van der Waals surface area contributed by atoms with E-state index in [2.05, 4.69) is 5.10 Å². The number of non-ortho nitro benzene ring substituents is 1. The zero-order valence-electron chi connectivity index (χ0n) is 8.58. The number of hydrogen-bond donors (Lipinski definition) is 0. The Hall–Kier alpha value is -2.24. The molecule has 0 aliphatic carbocycles. The van der Waals surface area contributed by atoms with E-state index in [1.54, 1.807) is 6.07 Å². The summed E-state index contributed by atoms with van der Waals surface area (Å²) in [6.45, 7) is 1.65. The molecule has 2 aromatic rings. The van der Waals surface area contributed by atoms with E-state index in [-0.39, 0.29) is 18.0 Å². The number of hydrogen-bond acceptors (Lipinski definition) is 4. The maximum absolute atomic E-state index is 11.0. The van der Waals surface area contributed by atoms with Gasteiger partial charge >= 0.3 is 0 Å². The number of rotatable bonds is 3. The Morgan fingerprint density at radius 1 is 1.56 bits per heavy atom. The summed E-state index contributed by atoms with van der Waals surface area (Å²) in [4.78, 5) is 21.1. The Morgan fingerprint density at radius 2 is 2.31 bits per heavy atom. The van der Waals surface area contributed by atoms with Crippen LogP contribution in [-0.4, -0.2) is 20.5 Å². The van der Waals surface area contributed by atoms with Crippen molar-refractivity contribution in [1.82, 2.24) is 9.78 Å². The summed E-state index contributed by atoms with van der Waals surface area (Å²) in [6.07, 6.45) is 1.52. The number of aromatic nitrogens is 2. The zero-order chi connectivity index (χ0) is 11.7. The molecule has 0 spiro atoms. The molecule has 1 aromatic heterocycles. The quantitative estimate of drug-likeness (QED) is 0.579. The summed E-state index contributed by atoms with van der Waals surface area (Å²) in [5.74, 6) is -0.0108. The Balaban J connectivity index is 2.50. The van der Waals surface area contributed by atoms with Crippen LogP contribution < -0.4 is 0 Å². The van der Waals surface area contributed by atoms with Crippen LogP contribution in [0.25, 0.3) is 10.9 Å². The van der Waals surface area contributed by atoms with Crippen LogP contribution in [0, 0.1) is 10.1 Å². The van der Waals surface area contributed by atoms with E-state index in [9.17, 15) is 14.9 Å². The highest BCUT2D eigenvalue weighted by Gasteiger charge is 2.10. The van der Waals surface area contributed by atoms with E-state index in [0.29, 0.717) is 5.39 Å². The van der Waals surface area contributed by atoms with Gasteiger partial charge in [0.05, 0.1) is 23.2 Å². The van der Waals surface area contributed by atoms with E-state index in [0.717, 1.165) is 5.52 Å². The molecule has 0 radical (unpaired) electrons. The van der Waals surface area contributed by atoms with Crippen molar-refractivity contribution >= 4 is 22.4 Å². The summed E-state index contributed by atoms with van der Waals surface area (Å²) in [5.41, 5.74) is 0.746. The van der Waals surface area contributed by atoms with Crippen LogP contribution >= 0.6 is 0 Å². The Kier molecular flexibility index (Phi) is 2.40. The van der Waals surface area contributed by atoms with Gasteiger partial charge in [-0.25, -0.2) is 0 Å². The van der Waals surface area contributed by atoms with Gasteiger partial charge in [-0.15, -0.1) is 0 Å². The van der Waals surface area contributed by atoms with Crippen LogP contribution in [0.5, 0.6) is 0 Å². The molecule has 1 heterocycles. The molecule has 0 N–H and O–H groups in total. The third kappa shape index (κ3) is 1.77. The van der Waals surface area contributed by atoms with E-state index >= 15 is 0 Å². The van der Waals surface area contributed by atoms with Crippen molar-refractivity contribution in [3.63, 3.8) is 0 Å². The van der Waals surface area contributed by atoms with Crippen molar-refractivity contribution in [2.24, 2.45) is 0 Å². The van der Waals surface area contributed by atoms with Crippen LogP contribution in [0.3, 0.4) is 0 Å². The van der Waals surface area contributed by atoms with Gasteiger partial charge in [-0.05, 0) is 13.0 Å². The number of benzene rings is 1. The maximum atomic E-state index is 11.0. The molecule has 0 unspecified atom stereocenters. The van der Waals surface area contributed by atoms with Gasteiger partial charge in [0.2, 0.25) is 0 Å². The summed E-state index contributed by atoms with van der Waals surface area (Å²) in [6, 6.07) is 4.45. The molecule has 82 valence electrons. The molecule has 6 nitrogen and oxygen atoms in total. The summed E-state index contributed by atoms with van der Waals surface area (Å²) in [5, 5.41) is 15.2. The standard InChI is InChI=1S/C10H9N3O3/c1-7(14)6-12-10-3-2-9(13(15)16)4-8(10)5-11-12/h2-5H,6H2,1H3. The third-order valence-corrected chi connectivity index (χ3v) is 2.21. The van der Waals surface area contributed by atoms with Gasteiger partial charge < -0.3 is 0 Å². The van der Waals surface area contributed by atoms with Gasteiger partial charge in [0.15, 0.2) is 5.78 Å². The van der Waals surface area contributed by atoms with E-state index in [4.69, 9.17) is 0 Å². The number of fused-ring (bicyclic) bond motifs is 1. The van der Waals surface area contributed by atoms with Gasteiger partial charge in [0.25, 0.3) is 5.69 Å². The number of carbonyl (C=O) groups excluding carboxylic acids is 1. The van der Waals surface area contributed by atoms with Gasteiger partial charge in [-0.1, -0.05) is 0 Å². The fourth-order valence-corrected chi connectivity index (χ4v) is 1.52. The molecule has 0 amide bonds. The first kappa shape index (κ1) is 10.3. The lowest BCUT2D eigenvalue weighted by Crippen LogP contribution is -2.07. The normalized spacial score (nSPS) is 10.6. The minimum Gasteiger partial charge on any atom is -0.298 e. The predicted molar refractivity (Wildman–Crippen MR) is 57.1 cm³/mol. The molecule has 1 aromatic carbocycles. The first-order valence-electron chi connectivity index (χ1n) is 4.67. The number of nitro benzene ring substituents is 1. The summed E-state index contributed by atoms with van der Waals surface area (Å²) >= 11 is 0. The molecule has 2 rings (SSSR count). The fraction of sp³-hybridized carbons (Fsp3) is 0.200. The van der Waals surface area contributed by atoms with E-state index in [1.165, 1.54) is 29.9 Å². The average molecular weight is 219 g/mol. The number of ketones is 1. The van der Waals surface area contributed by atoms with Gasteiger partial charge in [0.1, 0.15) is 0 Å². The molecule has 0 aliphatic rings. The first-order chi connectivity index (χ1) is 7.58. The van der Waals surface area contributed by atoms with Crippen LogP contribution in [0.15, 0.2) is 24.4 Å². The van der Waals surface area contributed by atoms with Crippen molar-refractivity contribution in [3.05, 3.63) is 34.5 Å². The van der Waals surface area contributed by atoms with Crippen LogP contribution in [0.2, 0.25) is 0 Å². The second-order valence-electron chi connectivity index (χ2n) is 3.50. The Labute approximate surface area is 90.6 Å². The molecule has 16 heavy (non-hydrogen) atoms. The lowest BCUT2D eigenvalue weighted by Gasteiger charge is -1.99. The zero-order valence-corrected chi connectivity index (χ0v) is 8.58. The van der Waals surface area contributed by atoms with Crippen molar-refractivity contribution in [2.75, 3.05) is 0 Å². The highest BCUT2D eigenvalue weighted by atomic mass is 16.6. The van der Waals surface area contributed by atoms with Crippen LogP contribution in [-0.2, 0) is 11.3 Å². The lowest BCUT2D eigenvalue weighted by molar-refractivity contribution is -0.384. The topological polar surface area (TPSA) is 78.0 Å². The minimum absolute atomic E-state index is 0.0108. The Bertz CT molecular complexity index is 574. The van der Waals surface area contributed by atoms with Gasteiger partial charge in [0, 0.05) is 17.5 Å². The maximum Gasteiger partial charge on any atom is 0.270 e. The molecule has 0 saturated heterocycles. The van der Waals surface area contributed by atoms with Crippen LogP contribution in [0.1, 0.15) is 6.92 Å². The van der Waals surface area contributed by atoms with Crippen molar-refractivity contribution in [1.29, 1.82) is 0 Å². The lowest BCUT2D eigenvalue weighted by atomic mass is 10.2. The number of nitrogens with zero attached hydrogens (tertiary/aromatic N) is 3. The Morgan fingerprint density at radius 3 is 2.94 bits per heavy atom. The largest absolute Gasteiger partial charge is 0.298 e. The molecule has 0 aliphatic heterocycles. The number of Topliss-reactive ketones (excluding diaryl/α,β-unsaturated/α-hetero) is 1. The highest BCUT2D eigenvalue weighted by molar-refractivity contribution is 5.83. The fourth-order valence-electron chi connectivity index (χ4n) is 1.52. The second kappa shape index (κ2) is 3.73. The van der Waals surface area contributed by atoms with E-state index < -0.39 is 4.92 Å². The summed E-state index contributed by atoms with van der Waals surface area (Å²) in [7, 11) is 0. The van der Waals surface area contributed by atoms with Crippen molar-refractivity contribution < 1.29 is 9.72 Å². The van der Waals surface area contributed by atoms with Crippen molar-refractivity contribution in [3.8, 4) is 0 Å². The first-order valence-corrected chi connectivity index (χ1v) is 4.67. The molecule has 0 fully saturated rings. The third-order valence-electron chi connectivity index (χ3n) is 2.21. The summed E-state index contributed by atoms with van der Waals surface area (Å²) < 4.78 is 1.53. The molecule has 6 heteroatoms. The second-order valence-corrected chi connectivity index (χ2v) is 3.50. The molecule has 0 bridgehead atoms. The minimum atomic E-state index is -0.457. The van der Waals surface area contributed by atoms with Gasteiger partial charge in [-0.3, -0.25) is 19.6 Å². The van der Waals surface area contributed by atoms with Crippen LogP contribution in [0.4, 0.5) is 5.69 Å². The van der Waals surface area contributed by atoms with E-state index in [1.807, 2.05) is 0 Å². The molecular formula is C10H9N3O3. The molecule has 0 saturated carbocycles. The highest BCUT2D eigenvalue weighted by Crippen LogP contribution is 2.20. The van der Waals surface area contributed by atoms with Gasteiger partial charge in [-0.2, -0.15) is 5.10 Å². The monoisotopic (exact) mass is 219 g/mol. The average Bonchev–Trinajstić information content (AvgIpc) is 2.60.